The Bertz CT molecular complexity index is 879. The smallest absolute Gasteiger partial charge is 0.276 e. The number of carbonyl (C=O) groups excluding carboxylic acids is 1. The number of amides is 1. The Hall–Kier alpha value is -2.96. The molecule has 3 rings (SSSR count). The minimum atomic E-state index is -0.275. The van der Waals surface area contributed by atoms with E-state index >= 15 is 0 Å². The van der Waals surface area contributed by atoms with Crippen molar-refractivity contribution in [3.8, 4) is 0 Å². The maximum atomic E-state index is 13.0. The first-order valence-corrected chi connectivity index (χ1v) is 7.53. The lowest BCUT2D eigenvalue weighted by molar-refractivity contribution is 0.102. The number of halogens is 1. The number of hydrogen-bond acceptors (Lipinski definition) is 3. The second kappa shape index (κ2) is 6.27. The fourth-order valence-corrected chi connectivity index (χ4v) is 2.51. The summed E-state index contributed by atoms with van der Waals surface area (Å²) in [5.41, 5.74) is 3.51. The first kappa shape index (κ1) is 15.9. The summed E-state index contributed by atoms with van der Waals surface area (Å²) in [5, 5.41) is 11.4. The van der Waals surface area contributed by atoms with Gasteiger partial charge < -0.3 is 5.32 Å². The zero-order chi connectivity index (χ0) is 17.3. The van der Waals surface area contributed by atoms with Gasteiger partial charge in [-0.1, -0.05) is 12.1 Å². The second-order valence-corrected chi connectivity index (χ2v) is 5.66. The Morgan fingerprint density at radius 3 is 2.50 bits per heavy atom. The fraction of sp³-hybridized carbons (Fsp3) is 0.235. The highest BCUT2D eigenvalue weighted by Gasteiger charge is 2.16. The molecule has 1 aromatic carbocycles. The molecule has 0 aliphatic carbocycles. The molecule has 0 aliphatic rings. The third-order valence-corrected chi connectivity index (χ3v) is 3.81. The summed E-state index contributed by atoms with van der Waals surface area (Å²) in [5.74, 6) is -0.543. The summed E-state index contributed by atoms with van der Waals surface area (Å²) >= 11 is 0. The normalized spacial score (nSPS) is 10.8. The number of hydrogen-bond donors (Lipinski definition) is 1. The summed E-state index contributed by atoms with van der Waals surface area (Å²) in [6.07, 6.45) is 1.71. The number of rotatable bonds is 4. The molecule has 2 heterocycles. The maximum Gasteiger partial charge on any atom is 0.276 e. The number of aromatic nitrogens is 4. The van der Waals surface area contributed by atoms with Gasteiger partial charge in [0, 0.05) is 13.2 Å². The van der Waals surface area contributed by atoms with Gasteiger partial charge >= 0.3 is 0 Å². The van der Waals surface area contributed by atoms with Crippen molar-refractivity contribution in [2.45, 2.75) is 20.4 Å². The summed E-state index contributed by atoms with van der Waals surface area (Å²) in [7, 11) is 1.76. The number of nitrogens with one attached hydrogen (secondary N) is 1. The van der Waals surface area contributed by atoms with Crippen LogP contribution in [-0.2, 0) is 13.6 Å². The van der Waals surface area contributed by atoms with Crippen molar-refractivity contribution in [3.63, 3.8) is 0 Å². The van der Waals surface area contributed by atoms with Gasteiger partial charge in [-0.15, -0.1) is 0 Å². The molecular formula is C17H18FN5O. The Kier molecular flexibility index (Phi) is 4.16. The third-order valence-electron chi connectivity index (χ3n) is 3.81. The molecule has 24 heavy (non-hydrogen) atoms. The Morgan fingerprint density at radius 1 is 1.17 bits per heavy atom. The van der Waals surface area contributed by atoms with Crippen LogP contribution in [-0.4, -0.2) is 25.5 Å². The van der Waals surface area contributed by atoms with Gasteiger partial charge in [-0.25, -0.2) is 4.39 Å². The number of aryl methyl sites for hydroxylation is 2. The SMILES string of the molecule is Cc1nn(Cc2ccc(F)cc2)c(C)c1NC(=O)c1ccn(C)n1. The topological polar surface area (TPSA) is 64.7 Å². The molecule has 124 valence electrons. The van der Waals surface area contributed by atoms with Crippen molar-refractivity contribution in [3.05, 3.63) is 65.0 Å². The number of benzene rings is 1. The average Bonchev–Trinajstić information content (AvgIpc) is 3.09. The van der Waals surface area contributed by atoms with E-state index in [1.54, 1.807) is 40.8 Å². The third kappa shape index (κ3) is 3.19. The van der Waals surface area contributed by atoms with Gasteiger partial charge in [0.1, 0.15) is 5.82 Å². The second-order valence-electron chi connectivity index (χ2n) is 5.66. The van der Waals surface area contributed by atoms with Gasteiger partial charge in [0.05, 0.1) is 23.6 Å². The lowest BCUT2D eigenvalue weighted by atomic mass is 10.2. The molecule has 0 aliphatic heterocycles. The van der Waals surface area contributed by atoms with E-state index in [-0.39, 0.29) is 11.7 Å². The van der Waals surface area contributed by atoms with E-state index in [0.29, 0.717) is 17.9 Å². The minimum Gasteiger partial charge on any atom is -0.317 e. The first-order chi connectivity index (χ1) is 11.4. The van der Waals surface area contributed by atoms with Crippen molar-refractivity contribution in [2.75, 3.05) is 5.32 Å². The molecule has 0 unspecified atom stereocenters. The molecule has 2 aromatic heterocycles. The number of nitrogens with zero attached hydrogens (tertiary/aromatic N) is 4. The van der Waals surface area contributed by atoms with E-state index < -0.39 is 0 Å². The largest absolute Gasteiger partial charge is 0.317 e. The molecule has 0 spiro atoms. The summed E-state index contributed by atoms with van der Waals surface area (Å²) in [6, 6.07) is 7.94. The van der Waals surface area contributed by atoms with E-state index in [9.17, 15) is 9.18 Å². The molecule has 1 N–H and O–H groups in total. The van der Waals surface area contributed by atoms with Crippen LogP contribution in [0.4, 0.5) is 10.1 Å². The van der Waals surface area contributed by atoms with Gasteiger partial charge in [0.2, 0.25) is 0 Å². The van der Waals surface area contributed by atoms with Crippen molar-refractivity contribution in [1.82, 2.24) is 19.6 Å². The van der Waals surface area contributed by atoms with Crippen LogP contribution in [0, 0.1) is 19.7 Å². The van der Waals surface area contributed by atoms with Crippen LogP contribution in [0.1, 0.15) is 27.4 Å². The van der Waals surface area contributed by atoms with E-state index in [4.69, 9.17) is 0 Å². The van der Waals surface area contributed by atoms with Crippen molar-refractivity contribution in [1.29, 1.82) is 0 Å². The summed E-state index contributed by atoms with van der Waals surface area (Å²) in [4.78, 5) is 12.3. The number of anilines is 1. The van der Waals surface area contributed by atoms with Gasteiger partial charge in [0.25, 0.3) is 5.91 Å². The van der Waals surface area contributed by atoms with Crippen molar-refractivity contribution < 1.29 is 9.18 Å². The predicted octanol–water partition coefficient (Wildman–Crippen LogP) is 2.67. The van der Waals surface area contributed by atoms with Crippen LogP contribution < -0.4 is 5.32 Å². The highest BCUT2D eigenvalue weighted by atomic mass is 19.1. The van der Waals surface area contributed by atoms with E-state index in [2.05, 4.69) is 15.5 Å². The molecule has 0 radical (unpaired) electrons. The van der Waals surface area contributed by atoms with Crippen LogP contribution in [0.5, 0.6) is 0 Å². The van der Waals surface area contributed by atoms with E-state index in [1.807, 2.05) is 13.8 Å². The molecule has 0 saturated carbocycles. The lowest BCUT2D eigenvalue weighted by Crippen LogP contribution is -2.14. The van der Waals surface area contributed by atoms with Crippen LogP contribution >= 0.6 is 0 Å². The zero-order valence-electron chi connectivity index (χ0n) is 13.7. The monoisotopic (exact) mass is 327 g/mol. The van der Waals surface area contributed by atoms with Crippen LogP contribution in [0.3, 0.4) is 0 Å². The van der Waals surface area contributed by atoms with Gasteiger partial charge in [-0.2, -0.15) is 10.2 Å². The quantitative estimate of drug-likeness (QED) is 0.801. The van der Waals surface area contributed by atoms with E-state index in [1.165, 1.54) is 12.1 Å². The van der Waals surface area contributed by atoms with Gasteiger partial charge in [-0.05, 0) is 37.6 Å². The van der Waals surface area contributed by atoms with Crippen LogP contribution in [0.25, 0.3) is 0 Å². The predicted molar refractivity (Wildman–Crippen MR) is 88.4 cm³/mol. The molecule has 6 nitrogen and oxygen atoms in total. The van der Waals surface area contributed by atoms with Crippen molar-refractivity contribution >= 4 is 11.6 Å². The molecule has 0 atom stereocenters. The molecule has 3 aromatic rings. The van der Waals surface area contributed by atoms with Crippen LogP contribution in [0.2, 0.25) is 0 Å². The molecule has 1 amide bonds. The summed E-state index contributed by atoms with van der Waals surface area (Å²) in [6.45, 7) is 4.23. The molecule has 0 fully saturated rings. The first-order valence-electron chi connectivity index (χ1n) is 7.53. The van der Waals surface area contributed by atoms with Crippen molar-refractivity contribution in [2.24, 2.45) is 7.05 Å². The average molecular weight is 327 g/mol. The Balaban J connectivity index is 1.81. The standard InChI is InChI=1S/C17H18FN5O/c1-11-16(19-17(24)15-8-9-22(3)21-15)12(2)23(20-11)10-13-4-6-14(18)7-5-13/h4-9H,10H2,1-3H3,(H,19,24). The van der Waals surface area contributed by atoms with Gasteiger partial charge in [0.15, 0.2) is 5.69 Å². The maximum absolute atomic E-state index is 13.0. The number of carbonyl (C=O) groups is 1. The molecule has 0 bridgehead atoms. The lowest BCUT2D eigenvalue weighted by Gasteiger charge is -2.06. The molecule has 0 saturated heterocycles. The Morgan fingerprint density at radius 2 is 1.88 bits per heavy atom. The van der Waals surface area contributed by atoms with Gasteiger partial charge in [-0.3, -0.25) is 14.2 Å². The Labute approximate surface area is 138 Å². The fourth-order valence-electron chi connectivity index (χ4n) is 2.51. The zero-order valence-corrected chi connectivity index (χ0v) is 13.7. The minimum absolute atomic E-state index is 0.268. The van der Waals surface area contributed by atoms with Crippen LogP contribution in [0.15, 0.2) is 36.5 Å². The van der Waals surface area contributed by atoms with E-state index in [0.717, 1.165) is 17.0 Å². The molecular weight excluding hydrogens is 309 g/mol. The summed E-state index contributed by atoms with van der Waals surface area (Å²) < 4.78 is 16.4. The highest BCUT2D eigenvalue weighted by Crippen LogP contribution is 2.21. The highest BCUT2D eigenvalue weighted by molar-refractivity contribution is 6.03. The molecule has 7 heteroatoms.